The number of carbonyl (C=O) groups is 3. The fraction of sp³-hybridized carbons (Fsp3) is 0.500. The van der Waals surface area contributed by atoms with Crippen LogP contribution >= 0.6 is 0 Å². The number of halogens is 3. The van der Waals surface area contributed by atoms with Crippen molar-refractivity contribution in [2.24, 2.45) is 0 Å². The van der Waals surface area contributed by atoms with Crippen molar-refractivity contribution in [3.05, 3.63) is 29.8 Å². The summed E-state index contributed by atoms with van der Waals surface area (Å²) < 4.78 is 70.6. The second-order valence-electron chi connectivity index (χ2n) is 6.59. The summed E-state index contributed by atoms with van der Waals surface area (Å²) in [6.07, 6.45) is -5.87. The Bertz CT molecular complexity index is 912. The van der Waals surface area contributed by atoms with Crippen LogP contribution in [0.4, 0.5) is 13.2 Å². The minimum atomic E-state index is -4.90. The van der Waals surface area contributed by atoms with E-state index >= 15 is 0 Å². The van der Waals surface area contributed by atoms with Gasteiger partial charge in [0.2, 0.25) is 5.91 Å². The van der Waals surface area contributed by atoms with Gasteiger partial charge in [0.25, 0.3) is 0 Å². The lowest BCUT2D eigenvalue weighted by molar-refractivity contribution is -0.153. The summed E-state index contributed by atoms with van der Waals surface area (Å²) >= 11 is 0. The Labute approximate surface area is 165 Å². The first kappa shape index (κ1) is 22.9. The molecule has 0 N–H and O–H groups in total. The Morgan fingerprint density at radius 3 is 2.38 bits per heavy atom. The summed E-state index contributed by atoms with van der Waals surface area (Å²) in [4.78, 5) is 35.8. The predicted molar refractivity (Wildman–Crippen MR) is 94.5 cm³/mol. The van der Waals surface area contributed by atoms with Gasteiger partial charge < -0.3 is 9.64 Å². The zero-order valence-corrected chi connectivity index (χ0v) is 16.5. The standard InChI is InChI=1S/C18H20F3NO6S/c1-3-28-17(25)14-9-12(10-22(14)16(24)8-11(2)23)29(26,27)15-7-5-4-6-13(15)18(19,20)21/h4-7,12,14H,3,8-10H2,1-2H3/t12-,14+/m1/s1. The number of Topliss-reactive ketones (excluding diaryl/α,β-unsaturated/α-hetero) is 1. The van der Waals surface area contributed by atoms with E-state index in [1.165, 1.54) is 13.0 Å². The smallest absolute Gasteiger partial charge is 0.417 e. The Morgan fingerprint density at radius 2 is 1.83 bits per heavy atom. The van der Waals surface area contributed by atoms with Gasteiger partial charge in [-0.1, -0.05) is 12.1 Å². The van der Waals surface area contributed by atoms with Crippen LogP contribution in [0.25, 0.3) is 0 Å². The van der Waals surface area contributed by atoms with E-state index in [4.69, 9.17) is 4.74 Å². The molecule has 160 valence electrons. The third kappa shape index (κ3) is 4.95. The maximum Gasteiger partial charge on any atom is 0.417 e. The number of rotatable bonds is 6. The zero-order valence-electron chi connectivity index (χ0n) is 15.7. The highest BCUT2D eigenvalue weighted by molar-refractivity contribution is 7.92. The summed E-state index contributed by atoms with van der Waals surface area (Å²) in [6, 6.07) is 2.44. The molecule has 0 saturated carbocycles. The topological polar surface area (TPSA) is 97.8 Å². The average molecular weight is 435 g/mol. The summed E-state index contributed by atoms with van der Waals surface area (Å²) in [5.41, 5.74) is -1.32. The molecule has 29 heavy (non-hydrogen) atoms. The van der Waals surface area contributed by atoms with E-state index in [2.05, 4.69) is 0 Å². The van der Waals surface area contributed by atoms with E-state index in [9.17, 15) is 36.0 Å². The first-order valence-electron chi connectivity index (χ1n) is 8.75. The molecule has 2 atom stereocenters. The normalized spacial score (nSPS) is 19.8. The molecule has 1 aromatic rings. The molecule has 0 aliphatic carbocycles. The van der Waals surface area contributed by atoms with Gasteiger partial charge in [0.1, 0.15) is 11.8 Å². The molecule has 0 unspecified atom stereocenters. The van der Waals surface area contributed by atoms with Gasteiger partial charge in [-0.15, -0.1) is 0 Å². The Balaban J connectivity index is 2.43. The number of carbonyl (C=O) groups excluding carboxylic acids is 3. The largest absolute Gasteiger partial charge is 0.464 e. The fourth-order valence-electron chi connectivity index (χ4n) is 3.20. The van der Waals surface area contributed by atoms with Crippen molar-refractivity contribution in [3.63, 3.8) is 0 Å². The summed E-state index contributed by atoms with van der Waals surface area (Å²) in [5.74, 6) is -2.14. The van der Waals surface area contributed by atoms with Crippen molar-refractivity contribution in [2.45, 2.75) is 49.1 Å². The van der Waals surface area contributed by atoms with Gasteiger partial charge in [0, 0.05) is 6.54 Å². The van der Waals surface area contributed by atoms with Crippen LogP contribution in [0.5, 0.6) is 0 Å². The molecular weight excluding hydrogens is 415 g/mol. The van der Waals surface area contributed by atoms with Gasteiger partial charge in [0.15, 0.2) is 9.84 Å². The Hall–Kier alpha value is -2.43. The van der Waals surface area contributed by atoms with Crippen LogP contribution in [0.3, 0.4) is 0 Å². The molecule has 0 spiro atoms. The molecule has 1 aliphatic heterocycles. The SMILES string of the molecule is CCOC(=O)[C@@H]1C[C@@H](S(=O)(=O)c2ccccc2C(F)(F)F)CN1C(=O)CC(C)=O. The van der Waals surface area contributed by atoms with Gasteiger partial charge in [-0.3, -0.25) is 9.59 Å². The summed E-state index contributed by atoms with van der Waals surface area (Å²) in [7, 11) is -4.54. The van der Waals surface area contributed by atoms with Gasteiger partial charge in [-0.25, -0.2) is 13.2 Å². The lowest BCUT2D eigenvalue weighted by atomic mass is 10.2. The van der Waals surface area contributed by atoms with Gasteiger partial charge in [0.05, 0.1) is 28.7 Å². The van der Waals surface area contributed by atoms with Crippen molar-refractivity contribution < 1.29 is 40.7 Å². The lowest BCUT2D eigenvalue weighted by Gasteiger charge is -2.22. The predicted octanol–water partition coefficient (Wildman–Crippen LogP) is 1.99. The zero-order chi connectivity index (χ0) is 22.0. The first-order chi connectivity index (χ1) is 13.4. The van der Waals surface area contributed by atoms with Crippen molar-refractivity contribution in [2.75, 3.05) is 13.2 Å². The molecule has 1 saturated heterocycles. The molecule has 1 amide bonds. The number of amides is 1. The van der Waals surface area contributed by atoms with E-state index in [0.717, 1.165) is 24.0 Å². The number of esters is 1. The second kappa shape index (κ2) is 8.52. The maximum atomic E-state index is 13.3. The number of alkyl halides is 3. The monoisotopic (exact) mass is 435 g/mol. The molecule has 1 aromatic carbocycles. The third-order valence-electron chi connectivity index (χ3n) is 4.48. The fourth-order valence-corrected chi connectivity index (χ4v) is 5.11. The van der Waals surface area contributed by atoms with Crippen LogP contribution in [0, 0.1) is 0 Å². The minimum absolute atomic E-state index is 0.0294. The second-order valence-corrected chi connectivity index (χ2v) is 8.79. The molecule has 0 radical (unpaired) electrons. The van der Waals surface area contributed by atoms with Crippen LogP contribution in [0.1, 0.15) is 32.3 Å². The number of benzene rings is 1. The number of hydrogen-bond donors (Lipinski definition) is 0. The van der Waals surface area contributed by atoms with Crippen LogP contribution < -0.4 is 0 Å². The Kier molecular flexibility index (Phi) is 6.71. The van der Waals surface area contributed by atoms with E-state index < -0.39 is 74.8 Å². The highest BCUT2D eigenvalue weighted by Crippen LogP contribution is 2.37. The molecule has 11 heteroatoms. The van der Waals surface area contributed by atoms with Gasteiger partial charge in [-0.2, -0.15) is 13.2 Å². The molecule has 1 heterocycles. The minimum Gasteiger partial charge on any atom is -0.464 e. The number of sulfone groups is 1. The third-order valence-corrected chi connectivity index (χ3v) is 6.67. The van der Waals surface area contributed by atoms with E-state index in [1.807, 2.05) is 0 Å². The van der Waals surface area contributed by atoms with Gasteiger partial charge in [-0.05, 0) is 32.4 Å². The van der Waals surface area contributed by atoms with Crippen molar-refractivity contribution in [1.29, 1.82) is 0 Å². The van der Waals surface area contributed by atoms with Crippen LogP contribution in [-0.2, 0) is 35.1 Å². The molecule has 7 nitrogen and oxygen atoms in total. The molecular formula is C18H20F3NO6S. The first-order valence-corrected chi connectivity index (χ1v) is 10.3. The number of nitrogens with zero attached hydrogens (tertiary/aromatic N) is 1. The Morgan fingerprint density at radius 1 is 1.21 bits per heavy atom. The van der Waals surface area contributed by atoms with Crippen molar-refractivity contribution in [3.8, 4) is 0 Å². The number of likely N-dealkylation sites (tertiary alicyclic amines) is 1. The summed E-state index contributed by atoms with van der Waals surface area (Å²) in [5, 5.41) is -1.45. The average Bonchev–Trinajstić information content (AvgIpc) is 3.07. The molecule has 0 bridgehead atoms. The highest BCUT2D eigenvalue weighted by atomic mass is 32.2. The molecule has 1 fully saturated rings. The summed E-state index contributed by atoms with van der Waals surface area (Å²) in [6.45, 7) is 2.13. The van der Waals surface area contributed by atoms with E-state index in [-0.39, 0.29) is 6.61 Å². The van der Waals surface area contributed by atoms with Gasteiger partial charge >= 0.3 is 12.1 Å². The van der Waals surface area contributed by atoms with Crippen LogP contribution in [-0.4, -0.2) is 55.4 Å². The molecule has 1 aliphatic rings. The van der Waals surface area contributed by atoms with E-state index in [1.54, 1.807) is 0 Å². The maximum absolute atomic E-state index is 13.3. The van der Waals surface area contributed by atoms with Crippen molar-refractivity contribution >= 4 is 27.5 Å². The lowest BCUT2D eigenvalue weighted by Crippen LogP contribution is -2.42. The van der Waals surface area contributed by atoms with Crippen molar-refractivity contribution in [1.82, 2.24) is 4.90 Å². The highest BCUT2D eigenvalue weighted by Gasteiger charge is 2.48. The molecule has 2 rings (SSSR count). The molecule has 0 aromatic heterocycles. The van der Waals surface area contributed by atoms with Crippen LogP contribution in [0.2, 0.25) is 0 Å². The number of ether oxygens (including phenoxy) is 1. The number of hydrogen-bond acceptors (Lipinski definition) is 6. The van der Waals surface area contributed by atoms with Crippen LogP contribution in [0.15, 0.2) is 29.2 Å². The quantitative estimate of drug-likeness (QED) is 0.501. The number of ketones is 1. The van der Waals surface area contributed by atoms with E-state index in [0.29, 0.717) is 6.07 Å².